The fraction of sp³-hybridized carbons (Fsp3) is 0.0588. The summed E-state index contributed by atoms with van der Waals surface area (Å²) in [5.41, 5.74) is 5.16. The van der Waals surface area contributed by atoms with Crippen molar-refractivity contribution in [1.82, 2.24) is 19.2 Å². The minimum absolute atomic E-state index is 0.933. The number of nitrogens with zero attached hydrogens (tertiary/aromatic N) is 4. The highest BCUT2D eigenvalue weighted by Gasteiger charge is 2.07. The van der Waals surface area contributed by atoms with Gasteiger partial charge < -0.3 is 4.40 Å². The molecule has 21 heavy (non-hydrogen) atoms. The van der Waals surface area contributed by atoms with Crippen LogP contribution in [-0.2, 0) is 0 Å². The molecule has 0 fully saturated rings. The van der Waals surface area contributed by atoms with Gasteiger partial charge in [-0.05, 0) is 36.8 Å². The number of imidazole rings is 1. The second-order valence-corrected chi connectivity index (χ2v) is 5.10. The zero-order chi connectivity index (χ0) is 14.2. The summed E-state index contributed by atoms with van der Waals surface area (Å²) in [7, 11) is 0. The van der Waals surface area contributed by atoms with Crippen molar-refractivity contribution in [2.75, 3.05) is 0 Å². The van der Waals surface area contributed by atoms with E-state index in [4.69, 9.17) is 0 Å². The predicted octanol–water partition coefficient (Wildman–Crippen LogP) is 3.50. The van der Waals surface area contributed by atoms with Crippen LogP contribution in [-0.4, -0.2) is 19.2 Å². The molecule has 0 N–H and O–H groups in total. The normalized spacial score (nSPS) is 11.1. The van der Waals surface area contributed by atoms with Crippen LogP contribution < -0.4 is 0 Å². The van der Waals surface area contributed by atoms with Crippen molar-refractivity contribution in [1.29, 1.82) is 0 Å². The van der Waals surface area contributed by atoms with E-state index in [1.165, 1.54) is 5.56 Å². The molecule has 0 saturated carbocycles. The van der Waals surface area contributed by atoms with Crippen LogP contribution in [0, 0.1) is 6.92 Å². The Kier molecular flexibility index (Phi) is 2.60. The van der Waals surface area contributed by atoms with E-state index in [2.05, 4.69) is 29.1 Å². The quantitative estimate of drug-likeness (QED) is 0.561. The zero-order valence-corrected chi connectivity index (χ0v) is 11.6. The van der Waals surface area contributed by atoms with Gasteiger partial charge in [-0.2, -0.15) is 5.10 Å². The molecule has 0 atom stereocenters. The lowest BCUT2D eigenvalue weighted by Gasteiger charge is -1.98. The van der Waals surface area contributed by atoms with Gasteiger partial charge in [0.1, 0.15) is 5.65 Å². The second-order valence-electron chi connectivity index (χ2n) is 5.10. The molecule has 0 unspecified atom stereocenters. The highest BCUT2D eigenvalue weighted by atomic mass is 15.3. The molecule has 0 radical (unpaired) electrons. The summed E-state index contributed by atoms with van der Waals surface area (Å²) in [5.74, 6) is 0. The Morgan fingerprint density at radius 2 is 1.86 bits per heavy atom. The molecule has 4 heteroatoms. The van der Waals surface area contributed by atoms with Crippen molar-refractivity contribution in [3.8, 4) is 16.9 Å². The van der Waals surface area contributed by atoms with Gasteiger partial charge in [0, 0.05) is 24.2 Å². The van der Waals surface area contributed by atoms with Crippen LogP contribution in [0.15, 0.2) is 67.3 Å². The minimum atomic E-state index is 0.933. The molecule has 0 saturated heterocycles. The zero-order valence-electron chi connectivity index (χ0n) is 11.6. The third kappa shape index (κ3) is 2.10. The molecule has 0 aliphatic carbocycles. The predicted molar refractivity (Wildman–Crippen MR) is 82.5 cm³/mol. The maximum absolute atomic E-state index is 4.66. The van der Waals surface area contributed by atoms with Crippen LogP contribution in [0.1, 0.15) is 5.56 Å². The Bertz CT molecular complexity index is 903. The van der Waals surface area contributed by atoms with Gasteiger partial charge in [0.05, 0.1) is 17.6 Å². The molecule has 3 aromatic heterocycles. The monoisotopic (exact) mass is 274 g/mol. The van der Waals surface area contributed by atoms with Gasteiger partial charge in [0.2, 0.25) is 0 Å². The van der Waals surface area contributed by atoms with Crippen LogP contribution in [0.2, 0.25) is 0 Å². The third-order valence-corrected chi connectivity index (χ3v) is 3.51. The molecule has 4 rings (SSSR count). The first-order valence-corrected chi connectivity index (χ1v) is 6.85. The Balaban J connectivity index is 1.77. The number of aromatic nitrogens is 4. The highest BCUT2D eigenvalue weighted by Crippen LogP contribution is 2.20. The molecule has 0 spiro atoms. The number of para-hydroxylation sites is 1. The van der Waals surface area contributed by atoms with Gasteiger partial charge in [-0.25, -0.2) is 9.67 Å². The van der Waals surface area contributed by atoms with E-state index in [1.807, 2.05) is 64.2 Å². The van der Waals surface area contributed by atoms with E-state index in [0.29, 0.717) is 0 Å². The Morgan fingerprint density at radius 3 is 2.71 bits per heavy atom. The largest absolute Gasteiger partial charge is 0.306 e. The van der Waals surface area contributed by atoms with Gasteiger partial charge in [-0.3, -0.25) is 0 Å². The number of pyridine rings is 1. The molecule has 1 aromatic carbocycles. The first kappa shape index (κ1) is 11.9. The molecule has 0 aliphatic rings. The average Bonchev–Trinajstić information content (AvgIpc) is 3.14. The molecule has 102 valence electrons. The maximum Gasteiger partial charge on any atom is 0.137 e. The Labute approximate surface area is 122 Å². The third-order valence-electron chi connectivity index (χ3n) is 3.51. The lowest BCUT2D eigenvalue weighted by Crippen LogP contribution is -1.92. The van der Waals surface area contributed by atoms with Crippen molar-refractivity contribution >= 4 is 5.65 Å². The fourth-order valence-corrected chi connectivity index (χ4v) is 2.40. The van der Waals surface area contributed by atoms with Gasteiger partial charge >= 0.3 is 0 Å². The SMILES string of the molecule is Cc1ccn2cc(-c3cnn(-c4ccccc4)c3)nc2c1. The summed E-state index contributed by atoms with van der Waals surface area (Å²) < 4.78 is 3.90. The first-order chi connectivity index (χ1) is 10.3. The summed E-state index contributed by atoms with van der Waals surface area (Å²) >= 11 is 0. The van der Waals surface area contributed by atoms with E-state index in [-0.39, 0.29) is 0 Å². The molecule has 0 amide bonds. The van der Waals surface area contributed by atoms with E-state index < -0.39 is 0 Å². The Hall–Kier alpha value is -2.88. The van der Waals surface area contributed by atoms with Crippen molar-refractivity contribution in [3.05, 3.63) is 72.8 Å². The van der Waals surface area contributed by atoms with Crippen LogP contribution in [0.3, 0.4) is 0 Å². The summed E-state index contributed by atoms with van der Waals surface area (Å²) in [6, 6.07) is 14.2. The standard InChI is InChI=1S/C17H14N4/c1-13-7-8-20-12-16(19-17(20)9-13)14-10-18-21(11-14)15-5-3-2-4-6-15/h2-12H,1H3. The number of benzene rings is 1. The van der Waals surface area contributed by atoms with E-state index in [1.54, 1.807) is 0 Å². The first-order valence-electron chi connectivity index (χ1n) is 6.85. The number of hydrogen-bond acceptors (Lipinski definition) is 2. The Morgan fingerprint density at radius 1 is 1.00 bits per heavy atom. The smallest absolute Gasteiger partial charge is 0.137 e. The summed E-state index contributed by atoms with van der Waals surface area (Å²) in [6.07, 6.45) is 7.91. The molecular weight excluding hydrogens is 260 g/mol. The lowest BCUT2D eigenvalue weighted by molar-refractivity contribution is 0.881. The van der Waals surface area contributed by atoms with E-state index in [0.717, 1.165) is 22.6 Å². The van der Waals surface area contributed by atoms with Crippen LogP contribution >= 0.6 is 0 Å². The van der Waals surface area contributed by atoms with Crippen molar-refractivity contribution in [3.63, 3.8) is 0 Å². The molecule has 0 bridgehead atoms. The van der Waals surface area contributed by atoms with Crippen LogP contribution in [0.4, 0.5) is 0 Å². The van der Waals surface area contributed by atoms with Crippen molar-refractivity contribution in [2.45, 2.75) is 6.92 Å². The molecule has 4 aromatic rings. The van der Waals surface area contributed by atoms with Gasteiger partial charge in [-0.1, -0.05) is 18.2 Å². The summed E-state index contributed by atoms with van der Waals surface area (Å²) in [6.45, 7) is 2.07. The van der Waals surface area contributed by atoms with E-state index >= 15 is 0 Å². The second kappa shape index (κ2) is 4.59. The van der Waals surface area contributed by atoms with Gasteiger partial charge in [0.15, 0.2) is 0 Å². The number of rotatable bonds is 2. The summed E-state index contributed by atoms with van der Waals surface area (Å²) in [5, 5.41) is 4.42. The van der Waals surface area contributed by atoms with Crippen molar-refractivity contribution < 1.29 is 0 Å². The van der Waals surface area contributed by atoms with Crippen LogP contribution in [0.5, 0.6) is 0 Å². The van der Waals surface area contributed by atoms with E-state index in [9.17, 15) is 0 Å². The number of aryl methyl sites for hydroxylation is 1. The molecule has 4 nitrogen and oxygen atoms in total. The molecule has 3 heterocycles. The average molecular weight is 274 g/mol. The lowest BCUT2D eigenvalue weighted by atomic mass is 10.3. The maximum atomic E-state index is 4.66. The van der Waals surface area contributed by atoms with Crippen molar-refractivity contribution in [2.24, 2.45) is 0 Å². The number of fused-ring (bicyclic) bond motifs is 1. The van der Waals surface area contributed by atoms with Gasteiger partial charge in [0.25, 0.3) is 0 Å². The topological polar surface area (TPSA) is 35.1 Å². The highest BCUT2D eigenvalue weighted by molar-refractivity contribution is 5.62. The fourth-order valence-electron chi connectivity index (χ4n) is 2.40. The minimum Gasteiger partial charge on any atom is -0.306 e. The molecular formula is C17H14N4. The number of hydrogen-bond donors (Lipinski definition) is 0. The van der Waals surface area contributed by atoms with Gasteiger partial charge in [-0.15, -0.1) is 0 Å². The molecule has 0 aliphatic heterocycles. The summed E-state index contributed by atoms with van der Waals surface area (Å²) in [4.78, 5) is 4.66. The van der Waals surface area contributed by atoms with Crippen LogP contribution in [0.25, 0.3) is 22.6 Å².